The molecule has 1 amide bonds. The molecule has 2 rings (SSSR count). The molecule has 0 bridgehead atoms. The Morgan fingerprint density at radius 3 is 2.89 bits per heavy atom. The van der Waals surface area contributed by atoms with E-state index in [1.54, 1.807) is 24.3 Å². The molecule has 18 heavy (non-hydrogen) atoms. The summed E-state index contributed by atoms with van der Waals surface area (Å²) in [6.45, 7) is 2.55. The number of nitrogens with one attached hydrogen (secondary N) is 1. The van der Waals surface area contributed by atoms with Gasteiger partial charge in [-0.15, -0.1) is 0 Å². The Bertz CT molecular complexity index is 437. The van der Waals surface area contributed by atoms with Gasteiger partial charge in [0.2, 0.25) is 0 Å². The van der Waals surface area contributed by atoms with E-state index < -0.39 is 0 Å². The SMILES string of the molecule is CCOC1CC(N)C1NC(=O)c1ccccc1Cl. The lowest BCUT2D eigenvalue weighted by atomic mass is 9.83. The predicted octanol–water partition coefficient (Wildman–Crippen LogP) is 1.57. The smallest absolute Gasteiger partial charge is 0.253 e. The summed E-state index contributed by atoms with van der Waals surface area (Å²) in [5, 5.41) is 3.33. The van der Waals surface area contributed by atoms with Gasteiger partial charge in [0, 0.05) is 12.6 Å². The van der Waals surface area contributed by atoms with Crippen molar-refractivity contribution in [1.29, 1.82) is 0 Å². The monoisotopic (exact) mass is 268 g/mol. The van der Waals surface area contributed by atoms with Crippen LogP contribution in [-0.4, -0.2) is 30.7 Å². The highest BCUT2D eigenvalue weighted by Crippen LogP contribution is 2.23. The molecule has 1 aliphatic carbocycles. The first-order valence-electron chi connectivity index (χ1n) is 6.06. The van der Waals surface area contributed by atoms with Crippen molar-refractivity contribution in [1.82, 2.24) is 5.32 Å². The van der Waals surface area contributed by atoms with Crippen molar-refractivity contribution in [2.75, 3.05) is 6.61 Å². The van der Waals surface area contributed by atoms with Crippen molar-refractivity contribution in [3.8, 4) is 0 Å². The zero-order valence-corrected chi connectivity index (χ0v) is 11.0. The van der Waals surface area contributed by atoms with E-state index in [-0.39, 0.29) is 24.1 Å². The topological polar surface area (TPSA) is 64.3 Å². The lowest BCUT2D eigenvalue weighted by Gasteiger charge is -2.42. The van der Waals surface area contributed by atoms with Gasteiger partial charge in [0.15, 0.2) is 0 Å². The Kier molecular flexibility index (Phi) is 4.22. The molecule has 1 fully saturated rings. The second-order valence-corrected chi connectivity index (χ2v) is 4.78. The molecule has 3 N–H and O–H groups in total. The highest BCUT2D eigenvalue weighted by molar-refractivity contribution is 6.33. The maximum Gasteiger partial charge on any atom is 0.253 e. The molecule has 4 nitrogen and oxygen atoms in total. The van der Waals surface area contributed by atoms with E-state index in [2.05, 4.69) is 5.32 Å². The summed E-state index contributed by atoms with van der Waals surface area (Å²) in [5.74, 6) is -0.203. The molecular formula is C13H17ClN2O2. The molecule has 1 aromatic rings. The van der Waals surface area contributed by atoms with Crippen molar-refractivity contribution >= 4 is 17.5 Å². The molecule has 1 aliphatic rings. The van der Waals surface area contributed by atoms with Crippen LogP contribution in [0, 0.1) is 0 Å². The summed E-state index contributed by atoms with van der Waals surface area (Å²) >= 11 is 5.97. The van der Waals surface area contributed by atoms with E-state index in [0.717, 1.165) is 6.42 Å². The summed E-state index contributed by atoms with van der Waals surface area (Å²) < 4.78 is 5.50. The van der Waals surface area contributed by atoms with Crippen LogP contribution in [0.5, 0.6) is 0 Å². The minimum absolute atomic E-state index is 0.0106. The van der Waals surface area contributed by atoms with Crippen LogP contribution in [0.3, 0.4) is 0 Å². The van der Waals surface area contributed by atoms with E-state index in [1.165, 1.54) is 0 Å². The second kappa shape index (κ2) is 5.69. The first-order chi connectivity index (χ1) is 8.63. The maximum absolute atomic E-state index is 12.1. The normalized spacial score (nSPS) is 26.5. The largest absolute Gasteiger partial charge is 0.376 e. The number of carbonyl (C=O) groups is 1. The third-order valence-electron chi connectivity index (χ3n) is 3.16. The molecular weight excluding hydrogens is 252 g/mol. The number of carbonyl (C=O) groups excluding carboxylic acids is 1. The van der Waals surface area contributed by atoms with E-state index in [9.17, 15) is 4.79 Å². The Hall–Kier alpha value is -1.10. The van der Waals surface area contributed by atoms with Gasteiger partial charge in [0.25, 0.3) is 5.91 Å². The Balaban J connectivity index is 2.01. The number of hydrogen-bond donors (Lipinski definition) is 2. The summed E-state index contributed by atoms with van der Waals surface area (Å²) in [6.07, 6.45) is 0.790. The van der Waals surface area contributed by atoms with Gasteiger partial charge in [-0.3, -0.25) is 4.79 Å². The fourth-order valence-electron chi connectivity index (χ4n) is 2.10. The summed E-state index contributed by atoms with van der Waals surface area (Å²) in [4.78, 5) is 12.1. The maximum atomic E-state index is 12.1. The van der Waals surface area contributed by atoms with Gasteiger partial charge in [-0.2, -0.15) is 0 Å². The van der Waals surface area contributed by atoms with Crippen LogP contribution in [0.15, 0.2) is 24.3 Å². The molecule has 1 saturated carbocycles. The fraction of sp³-hybridized carbons (Fsp3) is 0.462. The molecule has 98 valence electrons. The third kappa shape index (κ3) is 2.66. The van der Waals surface area contributed by atoms with Gasteiger partial charge in [0.1, 0.15) is 0 Å². The van der Waals surface area contributed by atoms with Crippen molar-refractivity contribution in [3.63, 3.8) is 0 Å². The summed E-state index contributed by atoms with van der Waals surface area (Å²) in [6, 6.07) is 6.77. The second-order valence-electron chi connectivity index (χ2n) is 4.37. The average molecular weight is 269 g/mol. The first kappa shape index (κ1) is 13.3. The molecule has 3 unspecified atom stereocenters. The van der Waals surface area contributed by atoms with E-state index >= 15 is 0 Å². The van der Waals surface area contributed by atoms with Crippen LogP contribution in [0.4, 0.5) is 0 Å². The van der Waals surface area contributed by atoms with Crippen LogP contribution in [0.25, 0.3) is 0 Å². The lowest BCUT2D eigenvalue weighted by molar-refractivity contribution is -0.0300. The molecule has 0 aromatic heterocycles. The van der Waals surface area contributed by atoms with Gasteiger partial charge < -0.3 is 15.8 Å². The first-order valence-corrected chi connectivity index (χ1v) is 6.44. The van der Waals surface area contributed by atoms with Crippen molar-refractivity contribution < 1.29 is 9.53 Å². The molecule has 0 radical (unpaired) electrons. The van der Waals surface area contributed by atoms with E-state index in [1.807, 2.05) is 6.92 Å². The molecule has 0 aliphatic heterocycles. The number of rotatable bonds is 4. The number of ether oxygens (including phenoxy) is 1. The van der Waals surface area contributed by atoms with E-state index in [4.69, 9.17) is 22.1 Å². The van der Waals surface area contributed by atoms with Crippen molar-refractivity contribution in [2.45, 2.75) is 31.5 Å². The zero-order valence-electron chi connectivity index (χ0n) is 10.2. The van der Waals surface area contributed by atoms with Crippen LogP contribution < -0.4 is 11.1 Å². The highest BCUT2D eigenvalue weighted by Gasteiger charge is 2.40. The number of hydrogen-bond acceptors (Lipinski definition) is 3. The minimum atomic E-state index is -0.203. The lowest BCUT2D eigenvalue weighted by Crippen LogP contribution is -2.64. The third-order valence-corrected chi connectivity index (χ3v) is 3.49. The Morgan fingerprint density at radius 2 is 2.28 bits per heavy atom. The van der Waals surface area contributed by atoms with Crippen molar-refractivity contribution in [3.05, 3.63) is 34.9 Å². The molecule has 0 saturated heterocycles. The van der Waals surface area contributed by atoms with Crippen LogP contribution in [0.1, 0.15) is 23.7 Å². The van der Waals surface area contributed by atoms with Gasteiger partial charge >= 0.3 is 0 Å². The van der Waals surface area contributed by atoms with E-state index in [0.29, 0.717) is 17.2 Å². The number of halogens is 1. The molecule has 5 heteroatoms. The van der Waals surface area contributed by atoms with Crippen molar-refractivity contribution in [2.24, 2.45) is 5.73 Å². The van der Waals surface area contributed by atoms with Gasteiger partial charge in [-0.05, 0) is 25.5 Å². The molecule has 0 spiro atoms. The minimum Gasteiger partial charge on any atom is -0.376 e. The van der Waals surface area contributed by atoms with Gasteiger partial charge in [0.05, 0.1) is 22.7 Å². The van der Waals surface area contributed by atoms with Crippen LogP contribution in [0.2, 0.25) is 5.02 Å². The highest BCUT2D eigenvalue weighted by atomic mass is 35.5. The zero-order chi connectivity index (χ0) is 13.1. The quantitative estimate of drug-likeness (QED) is 0.871. The fourth-order valence-corrected chi connectivity index (χ4v) is 2.32. The number of nitrogens with two attached hydrogens (primary N) is 1. The van der Waals surface area contributed by atoms with Gasteiger partial charge in [-0.1, -0.05) is 23.7 Å². The Morgan fingerprint density at radius 1 is 1.56 bits per heavy atom. The number of amides is 1. The van der Waals surface area contributed by atoms with Crippen LogP contribution >= 0.6 is 11.6 Å². The van der Waals surface area contributed by atoms with Crippen LogP contribution in [-0.2, 0) is 4.74 Å². The summed E-state index contributed by atoms with van der Waals surface area (Å²) in [7, 11) is 0. The predicted molar refractivity (Wildman–Crippen MR) is 70.7 cm³/mol. The van der Waals surface area contributed by atoms with Gasteiger partial charge in [-0.25, -0.2) is 0 Å². The molecule has 3 atom stereocenters. The Labute approximate surface area is 111 Å². The summed E-state index contributed by atoms with van der Waals surface area (Å²) in [5.41, 5.74) is 6.35. The molecule has 1 aromatic carbocycles. The molecule has 0 heterocycles. The average Bonchev–Trinajstić information content (AvgIpc) is 2.36. The number of benzene rings is 1. The standard InChI is InChI=1S/C13H17ClN2O2/c1-2-18-11-7-10(15)12(11)16-13(17)8-5-3-4-6-9(8)14/h3-6,10-12H,2,7,15H2,1H3,(H,16,17).